The number of nitrogens with zero attached hydrogens (tertiary/aromatic N) is 2. The van der Waals surface area contributed by atoms with Gasteiger partial charge in [0.1, 0.15) is 0 Å². The second-order valence-corrected chi connectivity index (χ2v) is 8.43. The summed E-state index contributed by atoms with van der Waals surface area (Å²) in [6.45, 7) is 13.7. The summed E-state index contributed by atoms with van der Waals surface area (Å²) in [6, 6.07) is 13.1. The summed E-state index contributed by atoms with van der Waals surface area (Å²) in [4.78, 5) is 4.73. The quantitative estimate of drug-likeness (QED) is 0.455. The van der Waals surface area contributed by atoms with Crippen molar-refractivity contribution in [3.63, 3.8) is 0 Å². The molecular weight excluding hydrogens is 372 g/mol. The van der Waals surface area contributed by atoms with Gasteiger partial charge in [-0.25, -0.2) is 4.98 Å². The number of hydrogen-bond donors (Lipinski definition) is 0. The Morgan fingerprint density at radius 3 is 1.92 bits per heavy atom. The number of fused-ring (bicyclic) bond motifs is 1. The Hall–Kier alpha value is -1.61. The van der Waals surface area contributed by atoms with E-state index >= 15 is 0 Å². The van der Waals surface area contributed by atoms with Crippen molar-refractivity contribution in [2.24, 2.45) is 0 Å². The summed E-state index contributed by atoms with van der Waals surface area (Å²) >= 11 is 3.71. The standard InChI is InChI=1S/C22H27BrN2/c1-13(2)16-11-17(14(3)4)21(18(12-16)15(5)6)25-20-10-8-7-9-19(20)24-22(25)23/h7-15H,1-6H3. The van der Waals surface area contributed by atoms with Crippen LogP contribution >= 0.6 is 15.9 Å². The van der Waals surface area contributed by atoms with E-state index in [1.807, 2.05) is 6.07 Å². The molecule has 2 aromatic carbocycles. The second kappa shape index (κ2) is 6.95. The summed E-state index contributed by atoms with van der Waals surface area (Å²) in [5, 5.41) is 0. The van der Waals surface area contributed by atoms with Crippen molar-refractivity contribution in [3.05, 3.63) is 57.8 Å². The molecule has 0 spiro atoms. The van der Waals surface area contributed by atoms with Gasteiger partial charge in [0, 0.05) is 0 Å². The Balaban J connectivity index is 2.43. The van der Waals surface area contributed by atoms with Gasteiger partial charge in [0.05, 0.1) is 16.7 Å². The van der Waals surface area contributed by atoms with E-state index in [0.29, 0.717) is 17.8 Å². The monoisotopic (exact) mass is 398 g/mol. The van der Waals surface area contributed by atoms with Crippen LogP contribution in [0.4, 0.5) is 0 Å². The van der Waals surface area contributed by atoms with Crippen molar-refractivity contribution >= 4 is 27.0 Å². The molecule has 3 heteroatoms. The number of rotatable bonds is 4. The highest BCUT2D eigenvalue weighted by Crippen LogP contribution is 2.37. The van der Waals surface area contributed by atoms with Crippen molar-refractivity contribution < 1.29 is 0 Å². The molecule has 0 atom stereocenters. The van der Waals surface area contributed by atoms with Crippen LogP contribution in [0.2, 0.25) is 0 Å². The molecule has 0 unspecified atom stereocenters. The molecule has 3 rings (SSSR count). The Morgan fingerprint density at radius 2 is 1.40 bits per heavy atom. The molecule has 0 fully saturated rings. The van der Waals surface area contributed by atoms with Crippen LogP contribution in [0.3, 0.4) is 0 Å². The maximum atomic E-state index is 4.73. The number of halogens is 1. The van der Waals surface area contributed by atoms with E-state index in [9.17, 15) is 0 Å². The zero-order chi connectivity index (χ0) is 18.3. The first-order valence-corrected chi connectivity index (χ1v) is 9.91. The fraction of sp³-hybridized carbons (Fsp3) is 0.409. The van der Waals surface area contributed by atoms with Gasteiger partial charge in [-0.05, 0) is 62.5 Å². The maximum absolute atomic E-state index is 4.73. The Bertz CT molecular complexity index is 875. The molecule has 2 nitrogen and oxygen atoms in total. The first-order valence-electron chi connectivity index (χ1n) is 9.12. The predicted molar refractivity (Wildman–Crippen MR) is 111 cm³/mol. The molecule has 0 N–H and O–H groups in total. The number of hydrogen-bond acceptors (Lipinski definition) is 1. The largest absolute Gasteiger partial charge is 0.286 e. The molecule has 0 saturated carbocycles. The summed E-state index contributed by atoms with van der Waals surface area (Å²) in [6.07, 6.45) is 0. The third kappa shape index (κ3) is 3.27. The molecule has 0 radical (unpaired) electrons. The predicted octanol–water partition coefficient (Wildman–Crippen LogP) is 7.16. The third-order valence-electron chi connectivity index (χ3n) is 4.85. The molecule has 0 saturated heterocycles. The average Bonchev–Trinajstić information content (AvgIpc) is 2.88. The first-order chi connectivity index (χ1) is 11.8. The zero-order valence-electron chi connectivity index (χ0n) is 16.0. The number of aromatic nitrogens is 2. The normalized spacial score (nSPS) is 12.1. The lowest BCUT2D eigenvalue weighted by Gasteiger charge is -2.24. The number of benzene rings is 2. The highest BCUT2D eigenvalue weighted by atomic mass is 79.9. The molecule has 0 bridgehead atoms. The van der Waals surface area contributed by atoms with Crippen molar-refractivity contribution in [3.8, 4) is 5.69 Å². The number of imidazole rings is 1. The van der Waals surface area contributed by atoms with Gasteiger partial charge in [-0.15, -0.1) is 0 Å². The number of para-hydroxylation sites is 2. The Morgan fingerprint density at radius 1 is 0.840 bits per heavy atom. The molecule has 132 valence electrons. The van der Waals surface area contributed by atoms with E-state index in [1.54, 1.807) is 0 Å². The minimum atomic E-state index is 0.444. The summed E-state index contributed by atoms with van der Waals surface area (Å²) in [7, 11) is 0. The van der Waals surface area contributed by atoms with Gasteiger partial charge in [0.2, 0.25) is 0 Å². The molecule has 1 heterocycles. The zero-order valence-corrected chi connectivity index (χ0v) is 17.6. The van der Waals surface area contributed by atoms with Crippen LogP contribution in [-0.2, 0) is 0 Å². The Labute approximate surface area is 159 Å². The van der Waals surface area contributed by atoms with Gasteiger partial charge < -0.3 is 0 Å². The van der Waals surface area contributed by atoms with Crippen LogP contribution in [-0.4, -0.2) is 9.55 Å². The van der Waals surface area contributed by atoms with Crippen LogP contribution in [0.1, 0.15) is 76.0 Å². The van der Waals surface area contributed by atoms with Crippen LogP contribution in [0, 0.1) is 0 Å². The molecule has 3 aromatic rings. The molecule has 25 heavy (non-hydrogen) atoms. The van der Waals surface area contributed by atoms with E-state index in [4.69, 9.17) is 4.98 Å². The molecular formula is C22H27BrN2. The van der Waals surface area contributed by atoms with Crippen LogP contribution in [0.15, 0.2) is 41.1 Å². The van der Waals surface area contributed by atoms with Gasteiger partial charge in [-0.1, -0.05) is 65.8 Å². The lowest BCUT2D eigenvalue weighted by Crippen LogP contribution is -2.09. The molecule has 0 aliphatic heterocycles. The fourth-order valence-electron chi connectivity index (χ4n) is 3.39. The maximum Gasteiger partial charge on any atom is 0.182 e. The molecule has 1 aromatic heterocycles. The van der Waals surface area contributed by atoms with Crippen LogP contribution in [0.25, 0.3) is 16.7 Å². The van der Waals surface area contributed by atoms with Gasteiger partial charge >= 0.3 is 0 Å². The van der Waals surface area contributed by atoms with Crippen molar-refractivity contribution in [2.45, 2.75) is 59.3 Å². The Kier molecular flexibility index (Phi) is 5.06. The van der Waals surface area contributed by atoms with Gasteiger partial charge in [0.25, 0.3) is 0 Å². The topological polar surface area (TPSA) is 17.8 Å². The highest BCUT2D eigenvalue weighted by Gasteiger charge is 2.21. The van der Waals surface area contributed by atoms with Crippen LogP contribution < -0.4 is 0 Å². The van der Waals surface area contributed by atoms with Crippen molar-refractivity contribution in [1.29, 1.82) is 0 Å². The SMILES string of the molecule is CC(C)c1cc(C(C)C)c(-n2c(Br)nc3ccccc32)c(C(C)C)c1. The highest BCUT2D eigenvalue weighted by molar-refractivity contribution is 9.10. The molecule has 0 aliphatic rings. The van der Waals surface area contributed by atoms with Crippen molar-refractivity contribution in [1.82, 2.24) is 9.55 Å². The van der Waals surface area contributed by atoms with Crippen molar-refractivity contribution in [2.75, 3.05) is 0 Å². The smallest absolute Gasteiger partial charge is 0.182 e. The summed E-state index contributed by atoms with van der Waals surface area (Å²) in [5.74, 6) is 1.41. The average molecular weight is 399 g/mol. The lowest BCUT2D eigenvalue weighted by molar-refractivity contribution is 0.784. The van der Waals surface area contributed by atoms with Gasteiger partial charge in [-0.3, -0.25) is 4.57 Å². The minimum absolute atomic E-state index is 0.444. The summed E-state index contributed by atoms with van der Waals surface area (Å²) < 4.78 is 3.15. The molecule has 0 aliphatic carbocycles. The minimum Gasteiger partial charge on any atom is -0.286 e. The third-order valence-corrected chi connectivity index (χ3v) is 5.38. The summed E-state index contributed by atoms with van der Waals surface area (Å²) in [5.41, 5.74) is 7.64. The first kappa shape index (κ1) is 18.2. The van der Waals surface area contributed by atoms with E-state index in [-0.39, 0.29) is 0 Å². The van der Waals surface area contributed by atoms with Gasteiger partial charge in [-0.2, -0.15) is 0 Å². The van der Waals surface area contributed by atoms with E-state index < -0.39 is 0 Å². The van der Waals surface area contributed by atoms with Crippen LogP contribution in [0.5, 0.6) is 0 Å². The molecule has 0 amide bonds. The van der Waals surface area contributed by atoms with E-state index in [1.165, 1.54) is 22.4 Å². The lowest BCUT2D eigenvalue weighted by atomic mass is 9.87. The van der Waals surface area contributed by atoms with E-state index in [2.05, 4.69) is 92.4 Å². The van der Waals surface area contributed by atoms with Gasteiger partial charge in [0.15, 0.2) is 4.73 Å². The fourth-order valence-corrected chi connectivity index (χ4v) is 3.94. The van der Waals surface area contributed by atoms with E-state index in [0.717, 1.165) is 15.8 Å². The second-order valence-electron chi connectivity index (χ2n) is 7.72.